The van der Waals surface area contributed by atoms with Crippen LogP contribution < -0.4 is 0 Å². The summed E-state index contributed by atoms with van der Waals surface area (Å²) in [6.07, 6.45) is 3.86. The van der Waals surface area contributed by atoms with Gasteiger partial charge in [-0.15, -0.1) is 0 Å². The fourth-order valence-electron chi connectivity index (χ4n) is 2.08. The van der Waals surface area contributed by atoms with Crippen LogP contribution in [0.2, 0.25) is 0 Å². The summed E-state index contributed by atoms with van der Waals surface area (Å²) in [6, 6.07) is 16.6. The first-order chi connectivity index (χ1) is 9.72. The van der Waals surface area contributed by atoms with Gasteiger partial charge in [-0.2, -0.15) is 0 Å². The van der Waals surface area contributed by atoms with Crippen LogP contribution in [-0.4, -0.2) is 9.55 Å². The van der Waals surface area contributed by atoms with Crippen LogP contribution >= 0.6 is 31.9 Å². The molecule has 2 nitrogen and oxygen atoms in total. The van der Waals surface area contributed by atoms with E-state index in [0.29, 0.717) is 0 Å². The van der Waals surface area contributed by atoms with Crippen molar-refractivity contribution in [1.29, 1.82) is 0 Å². The second-order valence-corrected chi connectivity index (χ2v) is 6.34. The van der Waals surface area contributed by atoms with Crippen molar-refractivity contribution >= 4 is 31.9 Å². The maximum absolute atomic E-state index is 4.47. The molecule has 0 aliphatic carbocycles. The number of benzene rings is 2. The van der Waals surface area contributed by atoms with Crippen molar-refractivity contribution in [3.8, 4) is 11.4 Å². The highest BCUT2D eigenvalue weighted by Crippen LogP contribution is 2.21. The number of rotatable bonds is 3. The molecule has 0 N–H and O–H groups in total. The smallest absolute Gasteiger partial charge is 0.140 e. The van der Waals surface area contributed by atoms with Crippen LogP contribution in [0.25, 0.3) is 11.4 Å². The summed E-state index contributed by atoms with van der Waals surface area (Å²) in [5.74, 6) is 0.986. The molecule has 0 saturated heterocycles. The van der Waals surface area contributed by atoms with Gasteiger partial charge in [0.25, 0.3) is 0 Å². The Balaban J connectivity index is 1.90. The van der Waals surface area contributed by atoms with Gasteiger partial charge in [-0.25, -0.2) is 4.98 Å². The molecule has 0 radical (unpaired) electrons. The van der Waals surface area contributed by atoms with Gasteiger partial charge in [-0.05, 0) is 29.8 Å². The minimum absolute atomic E-state index is 0.818. The van der Waals surface area contributed by atoms with E-state index in [1.54, 1.807) is 0 Å². The molecule has 0 unspecified atom stereocenters. The largest absolute Gasteiger partial charge is 0.327 e. The van der Waals surface area contributed by atoms with Crippen LogP contribution in [-0.2, 0) is 6.54 Å². The van der Waals surface area contributed by atoms with Crippen molar-refractivity contribution in [2.45, 2.75) is 6.54 Å². The molecule has 0 amide bonds. The van der Waals surface area contributed by atoms with Gasteiger partial charge >= 0.3 is 0 Å². The number of hydrogen-bond donors (Lipinski definition) is 0. The van der Waals surface area contributed by atoms with Gasteiger partial charge in [0.05, 0.1) is 0 Å². The monoisotopic (exact) mass is 390 g/mol. The van der Waals surface area contributed by atoms with Gasteiger partial charge < -0.3 is 4.57 Å². The Hall–Kier alpha value is -1.39. The Morgan fingerprint density at radius 3 is 2.10 bits per heavy atom. The molecular formula is C16H12Br2N2. The van der Waals surface area contributed by atoms with Crippen LogP contribution in [0.5, 0.6) is 0 Å². The number of halogens is 2. The Kier molecular flexibility index (Phi) is 4.03. The predicted octanol–water partition coefficient (Wildman–Crippen LogP) is 5.12. The lowest BCUT2D eigenvalue weighted by Gasteiger charge is -2.08. The molecule has 3 aromatic rings. The first-order valence-corrected chi connectivity index (χ1v) is 7.82. The Bertz CT molecular complexity index is 700. The summed E-state index contributed by atoms with van der Waals surface area (Å²) in [5, 5.41) is 0. The molecule has 1 aromatic heterocycles. The van der Waals surface area contributed by atoms with Crippen LogP contribution in [0.15, 0.2) is 69.9 Å². The van der Waals surface area contributed by atoms with E-state index in [0.717, 1.165) is 26.9 Å². The van der Waals surface area contributed by atoms with Gasteiger partial charge in [-0.3, -0.25) is 0 Å². The molecule has 0 aliphatic rings. The zero-order valence-electron chi connectivity index (χ0n) is 10.6. The van der Waals surface area contributed by atoms with E-state index >= 15 is 0 Å². The van der Waals surface area contributed by atoms with Crippen molar-refractivity contribution in [2.75, 3.05) is 0 Å². The first kappa shape index (κ1) is 13.6. The maximum atomic E-state index is 4.47. The summed E-state index contributed by atoms with van der Waals surface area (Å²) < 4.78 is 4.33. The zero-order valence-corrected chi connectivity index (χ0v) is 13.8. The highest BCUT2D eigenvalue weighted by Gasteiger charge is 2.06. The molecule has 3 rings (SSSR count). The lowest BCUT2D eigenvalue weighted by Crippen LogP contribution is -2.00. The number of aromatic nitrogens is 2. The van der Waals surface area contributed by atoms with Gasteiger partial charge in [0, 0.05) is 33.4 Å². The molecule has 2 aromatic carbocycles. The molecule has 100 valence electrons. The fraction of sp³-hybridized carbons (Fsp3) is 0.0625. The lowest BCUT2D eigenvalue weighted by atomic mass is 10.2. The first-order valence-electron chi connectivity index (χ1n) is 6.24. The molecule has 0 bridgehead atoms. The lowest BCUT2D eigenvalue weighted by molar-refractivity contribution is 0.807. The topological polar surface area (TPSA) is 17.8 Å². The van der Waals surface area contributed by atoms with Crippen LogP contribution in [0.3, 0.4) is 0 Å². The predicted molar refractivity (Wildman–Crippen MR) is 88.6 cm³/mol. The van der Waals surface area contributed by atoms with E-state index < -0.39 is 0 Å². The number of nitrogens with zero attached hydrogens (tertiary/aromatic N) is 2. The van der Waals surface area contributed by atoms with Gasteiger partial charge in [0.15, 0.2) is 0 Å². The van der Waals surface area contributed by atoms with E-state index in [4.69, 9.17) is 0 Å². The van der Waals surface area contributed by atoms with Crippen molar-refractivity contribution < 1.29 is 0 Å². The van der Waals surface area contributed by atoms with Gasteiger partial charge in [0.2, 0.25) is 0 Å². The van der Waals surface area contributed by atoms with E-state index in [2.05, 4.69) is 77.8 Å². The van der Waals surface area contributed by atoms with Gasteiger partial charge in [-0.1, -0.05) is 56.1 Å². The third-order valence-electron chi connectivity index (χ3n) is 3.08. The second kappa shape index (κ2) is 5.94. The normalized spacial score (nSPS) is 10.7. The minimum atomic E-state index is 0.818. The molecule has 0 fully saturated rings. The molecule has 1 heterocycles. The highest BCUT2D eigenvalue weighted by atomic mass is 79.9. The molecule has 4 heteroatoms. The highest BCUT2D eigenvalue weighted by molar-refractivity contribution is 9.10. The Labute approximate surface area is 134 Å². The number of hydrogen-bond acceptors (Lipinski definition) is 1. The fourth-order valence-corrected chi connectivity index (χ4v) is 2.61. The third kappa shape index (κ3) is 3.02. The maximum Gasteiger partial charge on any atom is 0.140 e. The molecule has 20 heavy (non-hydrogen) atoms. The third-order valence-corrected chi connectivity index (χ3v) is 4.14. The summed E-state index contributed by atoms with van der Waals surface area (Å²) in [5.41, 5.74) is 2.37. The molecule has 0 atom stereocenters. The van der Waals surface area contributed by atoms with E-state index in [1.165, 1.54) is 5.56 Å². The minimum Gasteiger partial charge on any atom is -0.327 e. The van der Waals surface area contributed by atoms with E-state index in [9.17, 15) is 0 Å². The Morgan fingerprint density at radius 1 is 0.850 bits per heavy atom. The molecule has 0 saturated carbocycles. The van der Waals surface area contributed by atoms with E-state index in [-0.39, 0.29) is 0 Å². The van der Waals surface area contributed by atoms with Crippen molar-refractivity contribution in [3.05, 3.63) is 75.4 Å². The molecular weight excluding hydrogens is 380 g/mol. The van der Waals surface area contributed by atoms with Crippen molar-refractivity contribution in [2.24, 2.45) is 0 Å². The van der Waals surface area contributed by atoms with Crippen LogP contribution in [0.4, 0.5) is 0 Å². The van der Waals surface area contributed by atoms with Gasteiger partial charge in [0.1, 0.15) is 5.82 Å². The summed E-state index contributed by atoms with van der Waals surface area (Å²) in [6.45, 7) is 0.818. The average molecular weight is 392 g/mol. The zero-order chi connectivity index (χ0) is 13.9. The summed E-state index contributed by atoms with van der Waals surface area (Å²) in [4.78, 5) is 4.47. The number of imidazole rings is 1. The van der Waals surface area contributed by atoms with Crippen LogP contribution in [0.1, 0.15) is 5.56 Å². The quantitative estimate of drug-likeness (QED) is 0.605. The second-order valence-electron chi connectivity index (χ2n) is 4.51. The molecule has 0 aliphatic heterocycles. The standard InChI is InChI=1S/C16H12Br2N2/c17-14-5-1-12(2-6-14)11-20-10-9-19-16(20)13-3-7-15(18)8-4-13/h1-10H,11H2. The Morgan fingerprint density at radius 2 is 1.45 bits per heavy atom. The average Bonchev–Trinajstić information content (AvgIpc) is 2.90. The summed E-state index contributed by atoms with van der Waals surface area (Å²) in [7, 11) is 0. The van der Waals surface area contributed by atoms with Crippen LogP contribution in [0, 0.1) is 0 Å². The van der Waals surface area contributed by atoms with Crippen molar-refractivity contribution in [3.63, 3.8) is 0 Å². The van der Waals surface area contributed by atoms with Crippen molar-refractivity contribution in [1.82, 2.24) is 9.55 Å². The SMILES string of the molecule is Brc1ccc(Cn2ccnc2-c2ccc(Br)cc2)cc1. The van der Waals surface area contributed by atoms with E-state index in [1.807, 2.05) is 24.5 Å². The summed E-state index contributed by atoms with van der Waals surface area (Å²) >= 11 is 6.91. The molecule has 0 spiro atoms.